The van der Waals surface area contributed by atoms with Crippen molar-refractivity contribution in [2.45, 2.75) is 11.8 Å². The maximum atomic E-state index is 12.9. The van der Waals surface area contributed by atoms with Crippen LogP contribution in [0.4, 0.5) is 0 Å². The van der Waals surface area contributed by atoms with Crippen molar-refractivity contribution in [2.75, 3.05) is 0 Å². The second kappa shape index (κ2) is 6.25. The number of nitrogens with two attached hydrogens (primary N) is 1. The van der Waals surface area contributed by atoms with Crippen LogP contribution in [0.2, 0.25) is 0 Å². The van der Waals surface area contributed by atoms with E-state index in [1.165, 1.54) is 16.8 Å². The van der Waals surface area contributed by atoms with Crippen molar-refractivity contribution >= 4 is 10.0 Å². The molecule has 0 saturated carbocycles. The molecule has 2 N–H and O–H groups in total. The molecule has 8 nitrogen and oxygen atoms in total. The lowest BCUT2D eigenvalue weighted by Gasteiger charge is -2.07. The minimum absolute atomic E-state index is 0.132. The maximum Gasteiger partial charge on any atom is 0.280 e. The van der Waals surface area contributed by atoms with E-state index in [1.807, 2.05) is 6.07 Å². The summed E-state index contributed by atoms with van der Waals surface area (Å²) in [7, 11) is -2.15. The Morgan fingerprint density at radius 2 is 1.81 bits per heavy atom. The Morgan fingerprint density at radius 1 is 1.15 bits per heavy atom. The molecule has 0 amide bonds. The van der Waals surface area contributed by atoms with Crippen molar-refractivity contribution in [3.05, 3.63) is 64.2 Å². The number of pyridine rings is 1. The lowest BCUT2D eigenvalue weighted by molar-refractivity contribution is 0.596. The summed E-state index contributed by atoms with van der Waals surface area (Å²) in [6, 6.07) is 11.5. The average molecular weight is 369 g/mol. The molecule has 0 unspecified atom stereocenters. The highest BCUT2D eigenvalue weighted by atomic mass is 32.2. The van der Waals surface area contributed by atoms with Gasteiger partial charge in [0.2, 0.25) is 10.0 Å². The monoisotopic (exact) mass is 369 g/mol. The van der Waals surface area contributed by atoms with Crippen LogP contribution in [0.3, 0.4) is 0 Å². The Balaban J connectivity index is 2.16. The number of aromatic nitrogens is 3. The van der Waals surface area contributed by atoms with Gasteiger partial charge in [0.1, 0.15) is 4.90 Å². The third kappa shape index (κ3) is 2.92. The van der Waals surface area contributed by atoms with E-state index in [2.05, 4.69) is 4.98 Å². The number of sulfonamides is 1. The van der Waals surface area contributed by atoms with Gasteiger partial charge in [-0.25, -0.2) is 18.5 Å². The molecule has 2 aromatic heterocycles. The van der Waals surface area contributed by atoms with Crippen LogP contribution in [0.25, 0.3) is 16.9 Å². The van der Waals surface area contributed by atoms with E-state index >= 15 is 0 Å². The van der Waals surface area contributed by atoms with Crippen molar-refractivity contribution < 1.29 is 8.42 Å². The van der Waals surface area contributed by atoms with Crippen LogP contribution >= 0.6 is 0 Å². The van der Waals surface area contributed by atoms with Gasteiger partial charge >= 0.3 is 0 Å². The molecule has 0 saturated heterocycles. The normalized spacial score (nSPS) is 11.3. The molecule has 26 heavy (non-hydrogen) atoms. The fourth-order valence-corrected chi connectivity index (χ4v) is 3.13. The van der Waals surface area contributed by atoms with Crippen LogP contribution in [0, 0.1) is 18.3 Å². The summed E-state index contributed by atoms with van der Waals surface area (Å²) < 4.78 is 25.7. The predicted molar refractivity (Wildman–Crippen MR) is 95.1 cm³/mol. The van der Waals surface area contributed by atoms with Gasteiger partial charge in [-0.05, 0) is 36.8 Å². The molecule has 0 bridgehead atoms. The number of rotatable bonds is 3. The van der Waals surface area contributed by atoms with E-state index in [9.17, 15) is 13.2 Å². The maximum absolute atomic E-state index is 12.9. The van der Waals surface area contributed by atoms with Gasteiger partial charge in [-0.3, -0.25) is 9.48 Å². The van der Waals surface area contributed by atoms with E-state index in [1.54, 1.807) is 42.9 Å². The smallest absolute Gasteiger partial charge is 0.280 e. The molecule has 2 heterocycles. The minimum Gasteiger partial charge on any atom is -0.283 e. The summed E-state index contributed by atoms with van der Waals surface area (Å²) in [6.45, 7) is 1.80. The Hall–Kier alpha value is -3.22. The first-order valence-electron chi connectivity index (χ1n) is 7.52. The highest BCUT2D eigenvalue weighted by Crippen LogP contribution is 2.21. The van der Waals surface area contributed by atoms with Crippen molar-refractivity contribution in [1.82, 2.24) is 14.3 Å². The highest BCUT2D eigenvalue weighted by molar-refractivity contribution is 7.89. The molecule has 0 fully saturated rings. The molecule has 0 aliphatic rings. The summed E-state index contributed by atoms with van der Waals surface area (Å²) in [6.07, 6.45) is 1.11. The molecule has 0 aliphatic carbocycles. The van der Waals surface area contributed by atoms with Gasteiger partial charge in [0.25, 0.3) is 5.56 Å². The summed E-state index contributed by atoms with van der Waals surface area (Å²) in [4.78, 5) is 16.9. The second-order valence-corrected chi connectivity index (χ2v) is 7.25. The molecule has 9 heteroatoms. The van der Waals surface area contributed by atoms with Crippen molar-refractivity contribution in [2.24, 2.45) is 12.2 Å². The van der Waals surface area contributed by atoms with Gasteiger partial charge in [0, 0.05) is 18.9 Å². The molecule has 1 aromatic carbocycles. The van der Waals surface area contributed by atoms with Crippen LogP contribution in [0.5, 0.6) is 0 Å². The van der Waals surface area contributed by atoms with Gasteiger partial charge in [0.05, 0.1) is 17.2 Å². The molecular formula is C17H15N5O3S. The highest BCUT2D eigenvalue weighted by Gasteiger charge is 2.19. The largest absolute Gasteiger partial charge is 0.283 e. The standard InChI is InChI=1S/C17H15N5O3S/c1-11-16(13-5-3-12(9-18)4-6-13)17(23)22(21(11)2)15-8-7-14(10-20-15)26(19,24)25/h3-8,10H,1-2H3,(H2,19,24,25). The van der Waals surface area contributed by atoms with Gasteiger partial charge < -0.3 is 0 Å². The number of hydrogen-bond donors (Lipinski definition) is 1. The average Bonchev–Trinajstić information content (AvgIpc) is 2.84. The fourth-order valence-electron chi connectivity index (χ4n) is 2.68. The van der Waals surface area contributed by atoms with Crippen molar-refractivity contribution in [3.63, 3.8) is 0 Å². The summed E-state index contributed by atoms with van der Waals surface area (Å²) >= 11 is 0. The first-order chi connectivity index (χ1) is 12.2. The van der Waals surface area contributed by atoms with E-state index in [0.29, 0.717) is 22.4 Å². The summed E-state index contributed by atoms with van der Waals surface area (Å²) in [5.41, 5.74) is 2.07. The zero-order valence-corrected chi connectivity index (χ0v) is 14.9. The Morgan fingerprint density at radius 3 is 2.31 bits per heavy atom. The number of nitrogens with zero attached hydrogens (tertiary/aromatic N) is 4. The second-order valence-electron chi connectivity index (χ2n) is 5.69. The molecular weight excluding hydrogens is 354 g/mol. The van der Waals surface area contributed by atoms with Gasteiger partial charge in [-0.15, -0.1) is 0 Å². The first kappa shape index (κ1) is 17.6. The molecule has 0 spiro atoms. The lowest BCUT2D eigenvalue weighted by Crippen LogP contribution is -2.21. The zero-order chi connectivity index (χ0) is 19.1. The molecule has 0 radical (unpaired) electrons. The molecule has 0 atom stereocenters. The van der Waals surface area contributed by atoms with Gasteiger partial charge in [0.15, 0.2) is 5.82 Å². The molecule has 0 aliphatic heterocycles. The van der Waals surface area contributed by atoms with Crippen LogP contribution in [0.15, 0.2) is 52.3 Å². The molecule has 132 valence electrons. The Bertz CT molecular complexity index is 1180. The topological polar surface area (TPSA) is 124 Å². The minimum atomic E-state index is -3.86. The number of benzene rings is 1. The van der Waals surface area contributed by atoms with Crippen molar-refractivity contribution in [1.29, 1.82) is 5.26 Å². The molecule has 3 aromatic rings. The van der Waals surface area contributed by atoms with E-state index < -0.39 is 10.0 Å². The predicted octanol–water partition coefficient (Wildman–Crippen LogP) is 1.07. The number of nitriles is 1. The van der Waals surface area contributed by atoms with Crippen LogP contribution in [-0.4, -0.2) is 22.8 Å². The zero-order valence-electron chi connectivity index (χ0n) is 14.0. The van der Waals surface area contributed by atoms with Gasteiger partial charge in [-0.2, -0.15) is 9.94 Å². The van der Waals surface area contributed by atoms with Gasteiger partial charge in [-0.1, -0.05) is 12.1 Å². The number of hydrogen-bond acceptors (Lipinski definition) is 5. The van der Waals surface area contributed by atoms with Crippen LogP contribution < -0.4 is 10.7 Å². The molecule has 3 rings (SSSR count). The Kier molecular flexibility index (Phi) is 4.23. The van der Waals surface area contributed by atoms with E-state index in [-0.39, 0.29) is 16.3 Å². The van der Waals surface area contributed by atoms with E-state index in [0.717, 1.165) is 6.20 Å². The van der Waals surface area contributed by atoms with Crippen molar-refractivity contribution in [3.8, 4) is 23.0 Å². The van der Waals surface area contributed by atoms with Crippen LogP contribution in [0.1, 0.15) is 11.3 Å². The third-order valence-corrected chi connectivity index (χ3v) is 5.02. The first-order valence-corrected chi connectivity index (χ1v) is 9.07. The summed E-state index contributed by atoms with van der Waals surface area (Å²) in [5, 5.41) is 14.0. The third-order valence-electron chi connectivity index (χ3n) is 4.12. The lowest BCUT2D eigenvalue weighted by atomic mass is 10.1. The Labute approximate surface area is 149 Å². The quantitative estimate of drug-likeness (QED) is 0.739. The van der Waals surface area contributed by atoms with E-state index in [4.69, 9.17) is 10.4 Å². The summed E-state index contributed by atoms with van der Waals surface area (Å²) in [5.74, 6) is 0.271. The number of primary sulfonamides is 1. The van der Waals surface area contributed by atoms with Crippen LogP contribution in [-0.2, 0) is 17.1 Å². The SMILES string of the molecule is Cc1c(-c2ccc(C#N)cc2)c(=O)n(-c2ccc(S(N)(=O)=O)cn2)n1C. The fraction of sp³-hybridized carbons (Fsp3) is 0.118.